The van der Waals surface area contributed by atoms with Crippen LogP contribution in [0.5, 0.6) is 0 Å². The van der Waals surface area contributed by atoms with Gasteiger partial charge in [-0.15, -0.1) is 5.10 Å². The molecule has 0 radical (unpaired) electrons. The molecule has 8 heteroatoms. The molecule has 0 spiro atoms. The van der Waals surface area contributed by atoms with E-state index in [-0.39, 0.29) is 11.9 Å². The lowest BCUT2D eigenvalue weighted by atomic mass is 9.79. The Kier molecular flexibility index (Phi) is 3.53. The van der Waals surface area contributed by atoms with Gasteiger partial charge < -0.3 is 9.73 Å². The Morgan fingerprint density at radius 1 is 1.31 bits per heavy atom. The van der Waals surface area contributed by atoms with Crippen LogP contribution in [0, 0.1) is 5.92 Å². The number of nitrogens with one attached hydrogen (secondary N) is 1. The number of rotatable bonds is 3. The number of hydrogen-bond acceptors (Lipinski definition) is 6. The van der Waals surface area contributed by atoms with Gasteiger partial charge in [-0.2, -0.15) is 4.68 Å². The van der Waals surface area contributed by atoms with E-state index >= 15 is 0 Å². The zero-order valence-corrected chi connectivity index (χ0v) is 14.5. The molecule has 3 aliphatic rings. The fraction of sp³-hybridized carbons (Fsp3) is 0.444. The van der Waals surface area contributed by atoms with E-state index < -0.39 is 0 Å². The van der Waals surface area contributed by atoms with Crippen LogP contribution in [0.3, 0.4) is 0 Å². The zero-order chi connectivity index (χ0) is 17.7. The second-order valence-corrected chi connectivity index (χ2v) is 7.15. The molecule has 3 saturated heterocycles. The Bertz CT molecular complexity index is 940. The summed E-state index contributed by atoms with van der Waals surface area (Å²) in [7, 11) is 0. The number of aromatic nitrogens is 4. The van der Waals surface area contributed by atoms with Gasteiger partial charge in [0.1, 0.15) is 11.3 Å². The summed E-state index contributed by atoms with van der Waals surface area (Å²) >= 11 is 0. The Morgan fingerprint density at radius 2 is 2.15 bits per heavy atom. The quantitative estimate of drug-likeness (QED) is 0.770. The summed E-state index contributed by atoms with van der Waals surface area (Å²) in [4.78, 5) is 19.5. The monoisotopic (exact) mass is 352 g/mol. The summed E-state index contributed by atoms with van der Waals surface area (Å²) in [6.45, 7) is 4.48. The highest BCUT2D eigenvalue weighted by Gasteiger charge is 2.40. The topological polar surface area (TPSA) is 89.1 Å². The number of nitrogens with zero attached hydrogens (tertiary/aromatic N) is 5. The van der Waals surface area contributed by atoms with E-state index in [2.05, 4.69) is 32.4 Å². The van der Waals surface area contributed by atoms with Gasteiger partial charge >= 0.3 is 0 Å². The van der Waals surface area contributed by atoms with Crippen LogP contribution >= 0.6 is 0 Å². The molecule has 2 bridgehead atoms. The molecule has 2 atom stereocenters. The van der Waals surface area contributed by atoms with E-state index in [1.54, 1.807) is 24.7 Å². The lowest BCUT2D eigenvalue weighted by Crippen LogP contribution is -2.62. The van der Waals surface area contributed by atoms with Crippen LogP contribution < -0.4 is 5.32 Å². The first-order valence-corrected chi connectivity index (χ1v) is 9.00. The number of piperidine rings is 3. The first-order valence-electron chi connectivity index (χ1n) is 9.00. The third-order valence-corrected chi connectivity index (χ3v) is 5.75. The lowest BCUT2D eigenvalue weighted by molar-refractivity contribution is 0.0216. The van der Waals surface area contributed by atoms with Gasteiger partial charge in [0.25, 0.3) is 5.91 Å². The van der Waals surface area contributed by atoms with Crippen molar-refractivity contribution in [1.29, 1.82) is 0 Å². The molecule has 3 aliphatic heterocycles. The van der Waals surface area contributed by atoms with Crippen molar-refractivity contribution in [2.45, 2.75) is 31.8 Å². The molecule has 1 N–H and O–H groups in total. The van der Waals surface area contributed by atoms with Gasteiger partial charge in [-0.05, 0) is 38.8 Å². The molecular formula is C18H20N6O2. The van der Waals surface area contributed by atoms with E-state index in [0.717, 1.165) is 31.3 Å². The van der Waals surface area contributed by atoms with Crippen LogP contribution in [0.4, 0.5) is 0 Å². The average molecular weight is 352 g/mol. The van der Waals surface area contributed by atoms with E-state index in [1.165, 1.54) is 4.68 Å². The molecular weight excluding hydrogens is 332 g/mol. The first-order chi connectivity index (χ1) is 12.7. The lowest BCUT2D eigenvalue weighted by Gasteiger charge is -2.49. The Labute approximate surface area is 150 Å². The van der Waals surface area contributed by atoms with Crippen molar-refractivity contribution in [3.63, 3.8) is 0 Å². The van der Waals surface area contributed by atoms with Crippen molar-refractivity contribution in [3.8, 4) is 5.88 Å². The van der Waals surface area contributed by atoms with Crippen LogP contribution in [0.2, 0.25) is 0 Å². The summed E-state index contributed by atoms with van der Waals surface area (Å²) in [6, 6.07) is 4.08. The van der Waals surface area contributed by atoms with E-state index in [4.69, 9.17) is 4.42 Å². The zero-order valence-electron chi connectivity index (χ0n) is 14.5. The van der Waals surface area contributed by atoms with Gasteiger partial charge in [0.15, 0.2) is 0 Å². The first kappa shape index (κ1) is 15.5. The molecule has 6 rings (SSSR count). The Morgan fingerprint density at radius 3 is 2.88 bits per heavy atom. The smallest absolute Gasteiger partial charge is 0.270 e. The third-order valence-electron chi connectivity index (χ3n) is 5.75. The van der Waals surface area contributed by atoms with Gasteiger partial charge in [-0.1, -0.05) is 5.21 Å². The normalized spacial score (nSPS) is 27.7. The number of fused-ring (bicyclic) bond motifs is 4. The Balaban J connectivity index is 1.39. The minimum Gasteiger partial charge on any atom is -0.438 e. The molecule has 8 nitrogen and oxygen atoms in total. The predicted molar refractivity (Wildman–Crippen MR) is 93.9 cm³/mol. The van der Waals surface area contributed by atoms with E-state index in [0.29, 0.717) is 29.1 Å². The molecule has 3 aromatic rings. The van der Waals surface area contributed by atoms with Gasteiger partial charge in [0.05, 0.1) is 12.4 Å². The molecule has 3 fully saturated rings. The minimum absolute atomic E-state index is 0.142. The van der Waals surface area contributed by atoms with Crippen molar-refractivity contribution >= 4 is 16.9 Å². The van der Waals surface area contributed by atoms with Crippen molar-refractivity contribution in [2.75, 3.05) is 13.1 Å². The van der Waals surface area contributed by atoms with Crippen LogP contribution in [0.25, 0.3) is 16.9 Å². The number of carbonyl (C=O) groups is 1. The highest BCUT2D eigenvalue weighted by Crippen LogP contribution is 2.32. The fourth-order valence-electron chi connectivity index (χ4n) is 4.25. The predicted octanol–water partition coefficient (Wildman–Crippen LogP) is 1.62. The summed E-state index contributed by atoms with van der Waals surface area (Å²) in [6.07, 6.45) is 7.25. The van der Waals surface area contributed by atoms with E-state index in [9.17, 15) is 4.79 Å². The van der Waals surface area contributed by atoms with Gasteiger partial charge in [-0.25, -0.2) is 0 Å². The van der Waals surface area contributed by atoms with Crippen LogP contribution in [0.15, 0.2) is 35.1 Å². The van der Waals surface area contributed by atoms with E-state index in [1.807, 2.05) is 6.07 Å². The van der Waals surface area contributed by atoms with Crippen LogP contribution in [-0.2, 0) is 0 Å². The molecule has 3 aromatic heterocycles. The van der Waals surface area contributed by atoms with Gasteiger partial charge in [0, 0.05) is 35.8 Å². The Hall–Kier alpha value is -2.74. The molecule has 26 heavy (non-hydrogen) atoms. The maximum atomic E-state index is 12.8. The molecule has 0 saturated carbocycles. The summed E-state index contributed by atoms with van der Waals surface area (Å²) in [5.41, 5.74) is 0.984. The standard InChI is InChI=1S/C18H20N6O2/c1-11-17(12-2-5-23(11)6-3-12)21-18(25)14-9-15-13(10-19-14)8-16(26-15)24-7-4-20-22-24/h4,7-12,17H,2-3,5-6H2,1H3,(H,21,25). The molecule has 134 valence electrons. The molecule has 2 unspecified atom stereocenters. The van der Waals surface area contributed by atoms with Crippen molar-refractivity contribution in [1.82, 2.24) is 30.2 Å². The molecule has 0 aliphatic carbocycles. The molecule has 1 amide bonds. The highest BCUT2D eigenvalue weighted by atomic mass is 16.4. The highest BCUT2D eigenvalue weighted by molar-refractivity contribution is 5.95. The number of pyridine rings is 1. The number of amides is 1. The molecule has 6 heterocycles. The third kappa shape index (κ3) is 2.48. The average Bonchev–Trinajstić information content (AvgIpc) is 3.33. The number of carbonyl (C=O) groups excluding carboxylic acids is 1. The van der Waals surface area contributed by atoms with Crippen molar-refractivity contribution < 1.29 is 9.21 Å². The van der Waals surface area contributed by atoms with Gasteiger partial charge in [-0.3, -0.25) is 14.7 Å². The summed E-state index contributed by atoms with van der Waals surface area (Å²) in [5.74, 6) is 0.962. The maximum absolute atomic E-state index is 12.8. The maximum Gasteiger partial charge on any atom is 0.270 e. The molecule has 0 aromatic carbocycles. The van der Waals surface area contributed by atoms with Crippen molar-refractivity contribution in [2.24, 2.45) is 5.92 Å². The van der Waals surface area contributed by atoms with Gasteiger partial charge in [0.2, 0.25) is 5.88 Å². The number of furan rings is 1. The summed E-state index contributed by atoms with van der Waals surface area (Å²) in [5, 5.41) is 11.7. The van der Waals surface area contributed by atoms with Crippen molar-refractivity contribution in [3.05, 3.63) is 36.4 Å². The number of hydrogen-bond donors (Lipinski definition) is 1. The second kappa shape index (κ2) is 5.91. The van der Waals surface area contributed by atoms with Crippen LogP contribution in [0.1, 0.15) is 30.3 Å². The largest absolute Gasteiger partial charge is 0.438 e. The summed E-state index contributed by atoms with van der Waals surface area (Å²) < 4.78 is 7.33. The fourth-order valence-corrected chi connectivity index (χ4v) is 4.25. The minimum atomic E-state index is -0.142. The SMILES string of the molecule is CC1C(NC(=O)c2cc3oc(-n4ccnn4)cc3cn2)C2CCN1CC2. The van der Waals surface area contributed by atoms with Crippen LogP contribution in [-0.4, -0.2) is 56.0 Å². The second-order valence-electron chi connectivity index (χ2n) is 7.15.